The second kappa shape index (κ2) is 14.7. The third-order valence-electron chi connectivity index (χ3n) is 3.98. The zero-order valence-electron chi connectivity index (χ0n) is 20.6. The SMILES string of the molecule is C=C(C)C(=O)OCC(CO)OC(=O)C(=C)C.C=C(O)Cn1c(=O)n(CC(=C)O)c(=O)n(CC(=C)O)c1=O. The summed E-state index contributed by atoms with van der Waals surface area (Å²) in [4.78, 5) is 58.2. The van der Waals surface area contributed by atoms with E-state index < -0.39 is 78.6 Å². The monoisotopic (exact) mass is 525 g/mol. The molecule has 204 valence electrons. The van der Waals surface area contributed by atoms with Crippen LogP contribution in [0.15, 0.2) is 75.7 Å². The molecular formula is C23H31N3O11. The minimum atomic E-state index is -1.05. The minimum absolute atomic E-state index is 0.207. The summed E-state index contributed by atoms with van der Waals surface area (Å²) in [6.07, 6.45) is -0.882. The van der Waals surface area contributed by atoms with Gasteiger partial charge in [-0.15, -0.1) is 0 Å². The Bertz CT molecular complexity index is 1130. The Balaban J connectivity index is 0.000000730. The number of nitrogens with zero attached hydrogens (tertiary/aromatic N) is 3. The van der Waals surface area contributed by atoms with Gasteiger partial charge in [0.15, 0.2) is 6.10 Å². The summed E-state index contributed by atoms with van der Waals surface area (Å²) in [5, 5.41) is 36.3. The van der Waals surface area contributed by atoms with Crippen molar-refractivity contribution in [1.82, 2.24) is 13.7 Å². The molecule has 0 bridgehead atoms. The standard InChI is InChI=1S/C12H15N3O6.C11H16O5/c1-7(16)4-13-10(19)14(5-8(2)17)12(21)15(11(13)20)6-9(3)18;1-7(2)10(13)15-6-9(5-12)16-11(14)8(3)4/h16-18H,1-6H2;9,12H,1,3,5-6H2,2,4H3. The number of aliphatic hydroxyl groups is 4. The van der Waals surface area contributed by atoms with Crippen LogP contribution in [-0.2, 0) is 38.7 Å². The molecule has 0 aromatic carbocycles. The largest absolute Gasteiger partial charge is 0.511 e. The van der Waals surface area contributed by atoms with Gasteiger partial charge in [0, 0.05) is 11.1 Å². The molecule has 14 heteroatoms. The Morgan fingerprint density at radius 1 is 0.730 bits per heavy atom. The van der Waals surface area contributed by atoms with Gasteiger partial charge >= 0.3 is 29.0 Å². The van der Waals surface area contributed by atoms with Crippen LogP contribution in [0.5, 0.6) is 0 Å². The highest BCUT2D eigenvalue weighted by Gasteiger charge is 2.18. The average molecular weight is 526 g/mol. The van der Waals surface area contributed by atoms with Crippen LogP contribution in [0.3, 0.4) is 0 Å². The van der Waals surface area contributed by atoms with Crippen LogP contribution >= 0.6 is 0 Å². The Labute approximate surface area is 211 Å². The first-order valence-corrected chi connectivity index (χ1v) is 10.4. The van der Waals surface area contributed by atoms with E-state index >= 15 is 0 Å². The molecule has 1 rings (SSSR count). The van der Waals surface area contributed by atoms with Gasteiger partial charge in [0.05, 0.1) is 26.2 Å². The first-order chi connectivity index (χ1) is 17.0. The van der Waals surface area contributed by atoms with Crippen LogP contribution in [0.1, 0.15) is 13.8 Å². The molecule has 0 aliphatic heterocycles. The number of ether oxygens (including phenoxy) is 2. The van der Waals surface area contributed by atoms with Crippen molar-refractivity contribution in [3.8, 4) is 0 Å². The van der Waals surface area contributed by atoms with E-state index in [0.717, 1.165) is 0 Å². The zero-order valence-corrected chi connectivity index (χ0v) is 20.6. The molecule has 0 spiro atoms. The fourth-order valence-electron chi connectivity index (χ4n) is 2.30. The second-order valence-electron chi connectivity index (χ2n) is 7.67. The maximum Gasteiger partial charge on any atom is 0.337 e. The Hall–Kier alpha value is -4.59. The van der Waals surface area contributed by atoms with Gasteiger partial charge in [-0.2, -0.15) is 0 Å². The van der Waals surface area contributed by atoms with E-state index in [9.17, 15) is 24.0 Å². The summed E-state index contributed by atoms with van der Waals surface area (Å²) in [5.74, 6) is -2.65. The summed E-state index contributed by atoms with van der Waals surface area (Å²) in [6, 6.07) is 0. The third-order valence-corrected chi connectivity index (χ3v) is 3.98. The molecule has 14 nitrogen and oxygen atoms in total. The van der Waals surface area contributed by atoms with E-state index in [-0.39, 0.29) is 17.8 Å². The smallest absolute Gasteiger partial charge is 0.337 e. The van der Waals surface area contributed by atoms with Gasteiger partial charge in [0.2, 0.25) is 0 Å². The van der Waals surface area contributed by atoms with Crippen molar-refractivity contribution in [3.63, 3.8) is 0 Å². The number of aliphatic hydroxyl groups excluding tert-OH is 4. The number of rotatable bonds is 12. The van der Waals surface area contributed by atoms with Crippen LogP contribution in [-0.4, -0.2) is 65.4 Å². The number of hydrogen-bond acceptors (Lipinski definition) is 11. The molecule has 0 radical (unpaired) electrons. The highest BCUT2D eigenvalue weighted by atomic mass is 16.6. The molecule has 1 aromatic rings. The molecule has 0 aliphatic rings. The molecule has 1 heterocycles. The first kappa shape index (κ1) is 32.4. The lowest BCUT2D eigenvalue weighted by atomic mass is 10.3. The van der Waals surface area contributed by atoms with Gasteiger partial charge in [-0.1, -0.05) is 32.9 Å². The highest BCUT2D eigenvalue weighted by molar-refractivity contribution is 5.87. The van der Waals surface area contributed by atoms with Crippen LogP contribution in [0.4, 0.5) is 0 Å². The van der Waals surface area contributed by atoms with Gasteiger partial charge in [-0.05, 0) is 13.8 Å². The lowest BCUT2D eigenvalue weighted by Crippen LogP contribution is -2.55. The number of aromatic nitrogens is 3. The van der Waals surface area contributed by atoms with E-state index in [1.54, 1.807) is 0 Å². The molecule has 0 saturated carbocycles. The Morgan fingerprint density at radius 3 is 1.30 bits per heavy atom. The number of carbonyl (C=O) groups excluding carboxylic acids is 2. The fraction of sp³-hybridized carbons (Fsp3) is 0.348. The Morgan fingerprint density at radius 2 is 1.05 bits per heavy atom. The first-order valence-electron chi connectivity index (χ1n) is 10.4. The van der Waals surface area contributed by atoms with Crippen LogP contribution in [0.25, 0.3) is 0 Å². The topological polar surface area (TPSA) is 200 Å². The summed E-state index contributed by atoms with van der Waals surface area (Å²) < 4.78 is 11.1. The van der Waals surface area contributed by atoms with Gasteiger partial charge in [-0.25, -0.2) is 37.7 Å². The highest BCUT2D eigenvalue weighted by Crippen LogP contribution is 2.01. The van der Waals surface area contributed by atoms with E-state index in [4.69, 9.17) is 29.9 Å². The second-order valence-corrected chi connectivity index (χ2v) is 7.67. The van der Waals surface area contributed by atoms with Gasteiger partial charge in [0.1, 0.15) is 23.9 Å². The average Bonchev–Trinajstić information content (AvgIpc) is 2.79. The van der Waals surface area contributed by atoms with E-state index in [1.807, 2.05) is 0 Å². The lowest BCUT2D eigenvalue weighted by molar-refractivity contribution is -0.156. The van der Waals surface area contributed by atoms with E-state index in [1.165, 1.54) is 13.8 Å². The molecule has 1 aromatic heterocycles. The predicted octanol–water partition coefficient (Wildman–Crippen LogP) is -0.0273. The summed E-state index contributed by atoms with van der Waals surface area (Å²) >= 11 is 0. The molecule has 0 amide bonds. The van der Waals surface area contributed by atoms with Crippen LogP contribution < -0.4 is 17.1 Å². The maximum atomic E-state index is 12.0. The molecule has 4 N–H and O–H groups in total. The summed E-state index contributed by atoms with van der Waals surface area (Å²) in [7, 11) is 0. The van der Waals surface area contributed by atoms with Crippen molar-refractivity contribution in [3.05, 3.63) is 92.8 Å². The molecule has 0 fully saturated rings. The van der Waals surface area contributed by atoms with Crippen LogP contribution in [0, 0.1) is 0 Å². The van der Waals surface area contributed by atoms with E-state index in [2.05, 4.69) is 32.9 Å². The van der Waals surface area contributed by atoms with Gasteiger partial charge in [-0.3, -0.25) is 0 Å². The third kappa shape index (κ3) is 10.7. The zero-order chi connectivity index (χ0) is 29.0. The van der Waals surface area contributed by atoms with Crippen molar-refractivity contribution < 1.29 is 39.5 Å². The van der Waals surface area contributed by atoms with Crippen LogP contribution in [0.2, 0.25) is 0 Å². The minimum Gasteiger partial charge on any atom is -0.511 e. The molecule has 1 unspecified atom stereocenters. The quantitative estimate of drug-likeness (QED) is 0.162. The molecular weight excluding hydrogens is 494 g/mol. The number of hydrogen-bond donors (Lipinski definition) is 4. The predicted molar refractivity (Wildman–Crippen MR) is 132 cm³/mol. The lowest BCUT2D eigenvalue weighted by Gasteiger charge is -2.15. The molecule has 1 atom stereocenters. The van der Waals surface area contributed by atoms with Crippen molar-refractivity contribution in [1.29, 1.82) is 0 Å². The van der Waals surface area contributed by atoms with Crippen molar-refractivity contribution >= 4 is 11.9 Å². The van der Waals surface area contributed by atoms with Gasteiger partial charge in [0.25, 0.3) is 0 Å². The normalized spacial score (nSPS) is 10.8. The fourth-order valence-corrected chi connectivity index (χ4v) is 2.30. The van der Waals surface area contributed by atoms with E-state index in [0.29, 0.717) is 13.7 Å². The van der Waals surface area contributed by atoms with Crippen molar-refractivity contribution in [2.45, 2.75) is 39.6 Å². The maximum absolute atomic E-state index is 12.0. The van der Waals surface area contributed by atoms with Gasteiger partial charge < -0.3 is 29.9 Å². The van der Waals surface area contributed by atoms with Crippen molar-refractivity contribution in [2.75, 3.05) is 13.2 Å². The number of carbonyl (C=O) groups is 2. The van der Waals surface area contributed by atoms with Crippen molar-refractivity contribution in [2.24, 2.45) is 0 Å². The Kier molecular flexibility index (Phi) is 12.9. The molecule has 0 aliphatic carbocycles. The number of allylic oxidation sites excluding steroid dienone is 3. The summed E-state index contributed by atoms with van der Waals surface area (Å²) in [6.45, 7) is 17.0. The number of esters is 2. The molecule has 0 saturated heterocycles. The summed E-state index contributed by atoms with van der Waals surface area (Å²) in [5.41, 5.74) is -2.69. The molecule has 37 heavy (non-hydrogen) atoms.